The number of hydrogen-bond donors (Lipinski definition) is 1. The topological polar surface area (TPSA) is 64.2 Å². The second-order valence-corrected chi connectivity index (χ2v) is 5.75. The molecule has 1 aliphatic rings. The number of fused-ring (bicyclic) bond motifs is 1. The summed E-state index contributed by atoms with van der Waals surface area (Å²) in [6, 6.07) is 5.49. The Labute approximate surface area is 123 Å². The molecule has 2 heterocycles. The van der Waals surface area contributed by atoms with E-state index in [9.17, 15) is 4.79 Å². The molecule has 112 valence electrons. The van der Waals surface area contributed by atoms with E-state index >= 15 is 0 Å². The molecule has 1 aliphatic heterocycles. The van der Waals surface area contributed by atoms with Gasteiger partial charge in [-0.2, -0.15) is 0 Å². The maximum atomic E-state index is 11.8. The van der Waals surface area contributed by atoms with E-state index < -0.39 is 0 Å². The number of aromatic amines is 1. The van der Waals surface area contributed by atoms with Crippen molar-refractivity contribution in [3.63, 3.8) is 0 Å². The Bertz CT molecular complexity index is 679. The zero-order valence-electron chi connectivity index (χ0n) is 12.7. The summed E-state index contributed by atoms with van der Waals surface area (Å²) in [7, 11) is 1.38. The highest BCUT2D eigenvalue weighted by molar-refractivity contribution is 6.01. The van der Waals surface area contributed by atoms with Crippen LogP contribution in [-0.4, -0.2) is 35.3 Å². The van der Waals surface area contributed by atoms with Gasteiger partial charge in [0.25, 0.3) is 0 Å². The summed E-state index contributed by atoms with van der Waals surface area (Å²) < 4.78 is 10.7. The lowest BCUT2D eigenvalue weighted by Crippen LogP contribution is -2.16. The normalized spacial score (nSPS) is 29.0. The van der Waals surface area contributed by atoms with Gasteiger partial charge >= 0.3 is 5.97 Å². The highest BCUT2D eigenvalue weighted by Gasteiger charge is 2.39. The first-order valence-electron chi connectivity index (χ1n) is 7.25. The van der Waals surface area contributed by atoms with Crippen LogP contribution in [0.1, 0.15) is 42.9 Å². The lowest BCUT2D eigenvalue weighted by atomic mass is 9.89. The second-order valence-electron chi connectivity index (χ2n) is 5.75. The number of nitrogens with zero attached hydrogens (tertiary/aromatic N) is 1. The van der Waals surface area contributed by atoms with E-state index in [0.29, 0.717) is 17.0 Å². The highest BCUT2D eigenvalue weighted by atomic mass is 16.5. The molecule has 0 amide bonds. The van der Waals surface area contributed by atoms with Gasteiger partial charge < -0.3 is 14.5 Å². The Balaban J connectivity index is 2.08. The van der Waals surface area contributed by atoms with Gasteiger partial charge in [-0.15, -0.1) is 0 Å². The summed E-state index contributed by atoms with van der Waals surface area (Å²) in [6.45, 7) is 6.33. The fourth-order valence-corrected chi connectivity index (χ4v) is 3.22. The number of carbonyl (C=O) groups is 1. The molecule has 1 fully saturated rings. The van der Waals surface area contributed by atoms with Crippen molar-refractivity contribution >= 4 is 17.0 Å². The quantitative estimate of drug-likeness (QED) is 0.863. The molecule has 1 aromatic heterocycles. The van der Waals surface area contributed by atoms with Crippen molar-refractivity contribution in [1.29, 1.82) is 0 Å². The van der Waals surface area contributed by atoms with Crippen LogP contribution in [0.15, 0.2) is 18.2 Å². The Hall–Kier alpha value is -1.88. The average molecular weight is 288 g/mol. The van der Waals surface area contributed by atoms with E-state index in [4.69, 9.17) is 9.47 Å². The van der Waals surface area contributed by atoms with Gasteiger partial charge in [0, 0.05) is 5.92 Å². The minimum Gasteiger partial charge on any atom is -0.465 e. The van der Waals surface area contributed by atoms with Gasteiger partial charge in [0.15, 0.2) is 0 Å². The third-order valence-corrected chi connectivity index (χ3v) is 4.49. The number of rotatable bonds is 2. The first-order chi connectivity index (χ1) is 10.0. The van der Waals surface area contributed by atoms with Crippen LogP contribution in [0, 0.1) is 5.92 Å². The zero-order valence-corrected chi connectivity index (χ0v) is 12.7. The third-order valence-electron chi connectivity index (χ3n) is 4.49. The van der Waals surface area contributed by atoms with Gasteiger partial charge in [0.1, 0.15) is 11.3 Å². The van der Waals surface area contributed by atoms with Gasteiger partial charge in [-0.25, -0.2) is 9.78 Å². The number of H-pyrrole nitrogens is 1. The Kier molecular flexibility index (Phi) is 3.45. The summed E-state index contributed by atoms with van der Waals surface area (Å²) in [5.74, 6) is 1.10. The van der Waals surface area contributed by atoms with Crippen LogP contribution in [-0.2, 0) is 9.47 Å². The summed E-state index contributed by atoms with van der Waals surface area (Å²) in [5.41, 5.74) is 2.01. The lowest BCUT2D eigenvalue weighted by molar-refractivity contribution is 0.0553. The van der Waals surface area contributed by atoms with Crippen LogP contribution in [0.25, 0.3) is 11.0 Å². The summed E-state index contributed by atoms with van der Waals surface area (Å²) >= 11 is 0. The van der Waals surface area contributed by atoms with Gasteiger partial charge in [-0.1, -0.05) is 13.0 Å². The highest BCUT2D eigenvalue weighted by Crippen LogP contribution is 2.39. The Morgan fingerprint density at radius 1 is 1.29 bits per heavy atom. The number of ether oxygens (including phenoxy) is 2. The summed E-state index contributed by atoms with van der Waals surface area (Å²) in [4.78, 5) is 19.8. The van der Waals surface area contributed by atoms with E-state index in [1.165, 1.54) is 7.11 Å². The minimum absolute atomic E-state index is 0.108. The fraction of sp³-hybridized carbons (Fsp3) is 0.500. The van der Waals surface area contributed by atoms with Crippen LogP contribution >= 0.6 is 0 Å². The summed E-state index contributed by atoms with van der Waals surface area (Å²) in [6.07, 6.45) is 0.315. The molecule has 1 aromatic carbocycles. The van der Waals surface area contributed by atoms with Crippen LogP contribution < -0.4 is 0 Å². The first kappa shape index (κ1) is 14.1. The zero-order chi connectivity index (χ0) is 15.1. The van der Waals surface area contributed by atoms with E-state index in [2.05, 4.69) is 30.7 Å². The molecule has 4 unspecified atom stereocenters. The van der Waals surface area contributed by atoms with Crippen molar-refractivity contribution in [2.75, 3.05) is 7.11 Å². The van der Waals surface area contributed by atoms with Gasteiger partial charge in [-0.05, 0) is 31.9 Å². The van der Waals surface area contributed by atoms with Crippen molar-refractivity contribution in [2.45, 2.75) is 38.9 Å². The van der Waals surface area contributed by atoms with Gasteiger partial charge in [-0.3, -0.25) is 0 Å². The van der Waals surface area contributed by atoms with Crippen molar-refractivity contribution < 1.29 is 14.3 Å². The SMILES string of the molecule is COC(=O)c1cccc2[nH]c(C3C(C)OC(C)C3C)nc12. The van der Waals surface area contributed by atoms with E-state index in [1.807, 2.05) is 12.1 Å². The monoisotopic (exact) mass is 288 g/mol. The van der Waals surface area contributed by atoms with Crippen molar-refractivity contribution in [2.24, 2.45) is 5.92 Å². The molecule has 1 N–H and O–H groups in total. The number of carbonyl (C=O) groups excluding carboxylic acids is 1. The molecule has 0 bridgehead atoms. The Morgan fingerprint density at radius 2 is 2.05 bits per heavy atom. The van der Waals surface area contributed by atoms with Crippen LogP contribution in [0.2, 0.25) is 0 Å². The number of benzene rings is 1. The number of para-hydroxylation sites is 1. The molecule has 1 saturated heterocycles. The van der Waals surface area contributed by atoms with E-state index in [1.54, 1.807) is 6.07 Å². The molecular weight excluding hydrogens is 268 g/mol. The van der Waals surface area contributed by atoms with Crippen molar-refractivity contribution in [3.8, 4) is 0 Å². The smallest absolute Gasteiger partial charge is 0.340 e. The summed E-state index contributed by atoms with van der Waals surface area (Å²) in [5, 5.41) is 0. The van der Waals surface area contributed by atoms with Crippen LogP contribution in [0.5, 0.6) is 0 Å². The minimum atomic E-state index is -0.365. The lowest BCUT2D eigenvalue weighted by Gasteiger charge is -2.15. The Morgan fingerprint density at radius 3 is 2.67 bits per heavy atom. The maximum absolute atomic E-state index is 11.8. The molecule has 5 nitrogen and oxygen atoms in total. The van der Waals surface area contributed by atoms with E-state index in [0.717, 1.165) is 11.3 Å². The molecule has 0 aliphatic carbocycles. The molecule has 4 atom stereocenters. The standard InChI is InChI=1S/C16H20N2O3/c1-8-9(2)21-10(3)13(8)15-17-12-7-5-6-11(14(12)18-15)16(19)20-4/h5-10,13H,1-4H3,(H,17,18). The number of imidazole rings is 1. The number of methoxy groups -OCH3 is 1. The number of esters is 1. The van der Waals surface area contributed by atoms with Crippen LogP contribution in [0.3, 0.4) is 0 Å². The average Bonchev–Trinajstić information content (AvgIpc) is 2.99. The van der Waals surface area contributed by atoms with Crippen molar-refractivity contribution in [3.05, 3.63) is 29.6 Å². The molecule has 2 aromatic rings. The molecule has 5 heteroatoms. The maximum Gasteiger partial charge on any atom is 0.340 e. The van der Waals surface area contributed by atoms with Gasteiger partial charge in [0.2, 0.25) is 0 Å². The largest absolute Gasteiger partial charge is 0.465 e. The fourth-order valence-electron chi connectivity index (χ4n) is 3.22. The number of nitrogens with one attached hydrogen (secondary N) is 1. The molecule has 3 rings (SSSR count). The van der Waals surface area contributed by atoms with Gasteiger partial charge in [0.05, 0.1) is 30.4 Å². The molecule has 0 saturated carbocycles. The van der Waals surface area contributed by atoms with Crippen LogP contribution in [0.4, 0.5) is 0 Å². The third kappa shape index (κ3) is 2.21. The molecule has 0 spiro atoms. The van der Waals surface area contributed by atoms with E-state index in [-0.39, 0.29) is 24.1 Å². The first-order valence-corrected chi connectivity index (χ1v) is 7.25. The predicted molar refractivity (Wildman–Crippen MR) is 79.3 cm³/mol. The predicted octanol–water partition coefficient (Wildman–Crippen LogP) is 2.88. The molecule has 21 heavy (non-hydrogen) atoms. The number of aromatic nitrogens is 2. The molecular formula is C16H20N2O3. The number of hydrogen-bond acceptors (Lipinski definition) is 4. The molecule has 0 radical (unpaired) electrons. The van der Waals surface area contributed by atoms with Crippen molar-refractivity contribution in [1.82, 2.24) is 9.97 Å². The second kappa shape index (κ2) is 5.15.